The normalized spacial score (nSPS) is 23.7. The lowest BCUT2D eigenvalue weighted by molar-refractivity contribution is 0.198. The van der Waals surface area contributed by atoms with Gasteiger partial charge in [-0.15, -0.1) is 0 Å². The number of methoxy groups -OCH3 is 1. The fraction of sp³-hybridized carbons (Fsp3) is 0.571. The predicted molar refractivity (Wildman–Crippen MR) is 68.8 cm³/mol. The summed E-state index contributed by atoms with van der Waals surface area (Å²) in [6, 6.07) is 6.67. The van der Waals surface area contributed by atoms with E-state index < -0.39 is 0 Å². The summed E-state index contributed by atoms with van der Waals surface area (Å²) in [7, 11) is 3.70. The van der Waals surface area contributed by atoms with Crippen LogP contribution in [0.25, 0.3) is 0 Å². The first-order chi connectivity index (χ1) is 8.22. The van der Waals surface area contributed by atoms with E-state index in [9.17, 15) is 0 Å². The minimum atomic E-state index is 0.309. The van der Waals surface area contributed by atoms with Gasteiger partial charge < -0.3 is 14.8 Å². The van der Waals surface area contributed by atoms with Gasteiger partial charge in [-0.25, -0.2) is 0 Å². The molecular weight excluding hydrogens is 214 g/mol. The van der Waals surface area contributed by atoms with Gasteiger partial charge in [0.05, 0.1) is 7.11 Å². The molecule has 0 amide bonds. The minimum absolute atomic E-state index is 0.309. The molecule has 0 aromatic heterocycles. The first kappa shape index (κ1) is 12.2. The highest BCUT2D eigenvalue weighted by Crippen LogP contribution is 2.32. The Kier molecular flexibility index (Phi) is 3.89. The van der Waals surface area contributed by atoms with Crippen molar-refractivity contribution in [2.45, 2.75) is 38.3 Å². The van der Waals surface area contributed by atoms with Crippen LogP contribution in [0.4, 0.5) is 0 Å². The number of benzene rings is 1. The first-order valence-corrected chi connectivity index (χ1v) is 6.21. The molecule has 0 spiro atoms. The molecule has 17 heavy (non-hydrogen) atoms. The van der Waals surface area contributed by atoms with Crippen molar-refractivity contribution in [3.8, 4) is 11.5 Å². The standard InChI is InChI=1S/C14H21NO2/c1-10-4-7-13(14(8-10)16-3)17-12-6-5-11(9-12)15-2/h4,7-8,11-12,15H,5-6,9H2,1-3H3. The Morgan fingerprint density at radius 3 is 2.71 bits per heavy atom. The maximum atomic E-state index is 6.02. The van der Waals surface area contributed by atoms with E-state index in [4.69, 9.17) is 9.47 Å². The molecule has 2 atom stereocenters. The van der Waals surface area contributed by atoms with Crippen molar-refractivity contribution < 1.29 is 9.47 Å². The minimum Gasteiger partial charge on any atom is -0.493 e. The van der Waals surface area contributed by atoms with Gasteiger partial charge in [0.15, 0.2) is 11.5 Å². The van der Waals surface area contributed by atoms with Crippen molar-refractivity contribution in [3.63, 3.8) is 0 Å². The lowest BCUT2D eigenvalue weighted by Crippen LogP contribution is -2.23. The quantitative estimate of drug-likeness (QED) is 0.870. The highest BCUT2D eigenvalue weighted by Gasteiger charge is 2.25. The van der Waals surface area contributed by atoms with E-state index in [1.54, 1.807) is 7.11 Å². The molecule has 0 bridgehead atoms. The summed E-state index contributed by atoms with van der Waals surface area (Å²) in [6.07, 6.45) is 3.69. The van der Waals surface area contributed by atoms with Crippen LogP contribution in [0, 0.1) is 6.92 Å². The van der Waals surface area contributed by atoms with Gasteiger partial charge in [-0.2, -0.15) is 0 Å². The maximum Gasteiger partial charge on any atom is 0.161 e. The maximum absolute atomic E-state index is 6.02. The largest absolute Gasteiger partial charge is 0.493 e. The molecule has 1 aliphatic rings. The molecule has 0 aliphatic heterocycles. The van der Waals surface area contributed by atoms with Gasteiger partial charge in [0.2, 0.25) is 0 Å². The second-order valence-corrected chi connectivity index (χ2v) is 4.69. The van der Waals surface area contributed by atoms with E-state index >= 15 is 0 Å². The molecule has 94 valence electrons. The molecule has 1 aliphatic carbocycles. The van der Waals surface area contributed by atoms with Crippen LogP contribution in [0.15, 0.2) is 18.2 Å². The molecule has 0 saturated heterocycles. The monoisotopic (exact) mass is 235 g/mol. The number of hydrogen-bond donors (Lipinski definition) is 1. The Balaban J connectivity index is 2.03. The summed E-state index contributed by atoms with van der Waals surface area (Å²) in [4.78, 5) is 0. The van der Waals surface area contributed by atoms with Crippen LogP contribution < -0.4 is 14.8 Å². The van der Waals surface area contributed by atoms with Crippen LogP contribution in [-0.2, 0) is 0 Å². The lowest BCUT2D eigenvalue weighted by atomic mass is 10.2. The van der Waals surface area contributed by atoms with Crippen molar-refractivity contribution in [2.24, 2.45) is 0 Å². The zero-order valence-corrected chi connectivity index (χ0v) is 10.8. The van der Waals surface area contributed by atoms with E-state index in [2.05, 4.69) is 18.3 Å². The SMILES string of the molecule is CNC1CCC(Oc2ccc(C)cc2OC)C1. The lowest BCUT2D eigenvalue weighted by Gasteiger charge is -2.16. The van der Waals surface area contributed by atoms with Crippen LogP contribution in [0.5, 0.6) is 11.5 Å². The second-order valence-electron chi connectivity index (χ2n) is 4.69. The average Bonchev–Trinajstić information content (AvgIpc) is 2.79. The van der Waals surface area contributed by atoms with Gasteiger partial charge in [0.1, 0.15) is 6.10 Å². The Labute approximate surface area is 103 Å². The highest BCUT2D eigenvalue weighted by molar-refractivity contribution is 5.42. The van der Waals surface area contributed by atoms with Crippen LogP contribution in [0.1, 0.15) is 24.8 Å². The molecule has 3 heteroatoms. The molecular formula is C14H21NO2. The summed E-state index contributed by atoms with van der Waals surface area (Å²) in [5.74, 6) is 1.69. The topological polar surface area (TPSA) is 30.5 Å². The van der Waals surface area contributed by atoms with E-state index in [1.807, 2.05) is 19.2 Å². The van der Waals surface area contributed by atoms with Crippen molar-refractivity contribution in [1.29, 1.82) is 0 Å². The average molecular weight is 235 g/mol. The Morgan fingerprint density at radius 1 is 1.24 bits per heavy atom. The summed E-state index contributed by atoms with van der Waals surface area (Å²) in [5, 5.41) is 3.31. The third-order valence-electron chi connectivity index (χ3n) is 3.41. The fourth-order valence-electron chi connectivity index (χ4n) is 2.36. The van der Waals surface area contributed by atoms with Crippen LogP contribution >= 0.6 is 0 Å². The molecule has 3 nitrogen and oxygen atoms in total. The van der Waals surface area contributed by atoms with Crippen LogP contribution in [0.2, 0.25) is 0 Å². The first-order valence-electron chi connectivity index (χ1n) is 6.21. The van der Waals surface area contributed by atoms with Gasteiger partial charge in [-0.3, -0.25) is 0 Å². The molecule has 1 fully saturated rings. The van der Waals surface area contributed by atoms with E-state index in [0.717, 1.165) is 24.3 Å². The number of aryl methyl sites for hydroxylation is 1. The predicted octanol–water partition coefficient (Wildman–Crippen LogP) is 2.52. The second kappa shape index (κ2) is 5.41. The van der Waals surface area contributed by atoms with Gasteiger partial charge in [0, 0.05) is 6.04 Å². The third kappa shape index (κ3) is 2.91. The van der Waals surface area contributed by atoms with Gasteiger partial charge in [-0.1, -0.05) is 6.07 Å². The van der Waals surface area contributed by atoms with Crippen molar-refractivity contribution >= 4 is 0 Å². The summed E-state index contributed by atoms with van der Waals surface area (Å²) < 4.78 is 11.4. The molecule has 2 unspecified atom stereocenters. The van der Waals surface area contributed by atoms with E-state index in [1.165, 1.54) is 12.0 Å². The smallest absolute Gasteiger partial charge is 0.161 e. The van der Waals surface area contributed by atoms with Crippen molar-refractivity contribution in [2.75, 3.05) is 14.2 Å². The molecule has 1 aromatic carbocycles. The van der Waals surface area contributed by atoms with E-state index in [-0.39, 0.29) is 0 Å². The molecule has 1 aromatic rings. The Hall–Kier alpha value is -1.22. The Bertz CT molecular complexity index is 378. The van der Waals surface area contributed by atoms with Gasteiger partial charge >= 0.3 is 0 Å². The molecule has 0 radical (unpaired) electrons. The number of rotatable bonds is 4. The molecule has 2 rings (SSSR count). The summed E-state index contributed by atoms with van der Waals surface area (Å²) in [6.45, 7) is 2.05. The molecule has 1 saturated carbocycles. The highest BCUT2D eigenvalue weighted by atomic mass is 16.5. The van der Waals surface area contributed by atoms with Crippen LogP contribution in [0.3, 0.4) is 0 Å². The summed E-state index contributed by atoms with van der Waals surface area (Å²) in [5.41, 5.74) is 1.19. The van der Waals surface area contributed by atoms with Gasteiger partial charge in [0.25, 0.3) is 0 Å². The zero-order valence-electron chi connectivity index (χ0n) is 10.8. The number of nitrogens with one attached hydrogen (secondary N) is 1. The van der Waals surface area contributed by atoms with Crippen molar-refractivity contribution in [1.82, 2.24) is 5.32 Å². The Morgan fingerprint density at radius 2 is 2.06 bits per heavy atom. The van der Waals surface area contributed by atoms with Gasteiger partial charge in [-0.05, 0) is 50.9 Å². The van der Waals surface area contributed by atoms with Crippen molar-refractivity contribution in [3.05, 3.63) is 23.8 Å². The third-order valence-corrected chi connectivity index (χ3v) is 3.41. The number of ether oxygens (including phenoxy) is 2. The zero-order chi connectivity index (χ0) is 12.3. The van der Waals surface area contributed by atoms with Crippen LogP contribution in [-0.4, -0.2) is 26.3 Å². The van der Waals surface area contributed by atoms with E-state index in [0.29, 0.717) is 12.1 Å². The molecule has 1 N–H and O–H groups in total. The summed E-state index contributed by atoms with van der Waals surface area (Å²) >= 11 is 0. The fourth-order valence-corrected chi connectivity index (χ4v) is 2.36. The number of hydrogen-bond acceptors (Lipinski definition) is 3. The molecule has 0 heterocycles.